The van der Waals surface area contributed by atoms with Gasteiger partial charge in [0.1, 0.15) is 15.4 Å². The van der Waals surface area contributed by atoms with Gasteiger partial charge in [0.25, 0.3) is 0 Å². The molecule has 0 saturated carbocycles. The fraction of sp³-hybridized carbons (Fsp3) is 0.400. The van der Waals surface area contributed by atoms with Crippen molar-refractivity contribution >= 4 is 21.7 Å². The summed E-state index contributed by atoms with van der Waals surface area (Å²) in [5, 5.41) is 1.00. The molecule has 2 aromatic rings. The summed E-state index contributed by atoms with van der Waals surface area (Å²) >= 11 is 1.60. The van der Waals surface area contributed by atoms with Crippen molar-refractivity contribution in [3.8, 4) is 0 Å². The molecule has 4 heteroatoms. The minimum atomic E-state index is 0.0687. The van der Waals surface area contributed by atoms with E-state index in [1.807, 2.05) is 12.1 Å². The predicted octanol–water partition coefficient (Wildman–Crippen LogP) is 2.49. The summed E-state index contributed by atoms with van der Waals surface area (Å²) in [5.74, 6) is 0. The first-order valence-electron chi connectivity index (χ1n) is 4.78. The molecule has 3 nitrogen and oxygen atoms in total. The normalized spacial score (nSPS) is 13.3. The van der Waals surface area contributed by atoms with Gasteiger partial charge in [-0.2, -0.15) is 0 Å². The summed E-state index contributed by atoms with van der Waals surface area (Å²) < 4.78 is 0. The van der Waals surface area contributed by atoms with Crippen LogP contribution in [0, 0.1) is 0 Å². The van der Waals surface area contributed by atoms with Gasteiger partial charge in [-0.25, -0.2) is 9.97 Å². The van der Waals surface area contributed by atoms with Crippen LogP contribution >= 0.6 is 11.3 Å². The standard InChI is InChI=1S/C10H13N3S/c1-2-4-7(11)9-13-8-5-3-6-12-10(8)14-9/h3,5-7H,2,4,11H2,1H3. The topological polar surface area (TPSA) is 51.8 Å². The summed E-state index contributed by atoms with van der Waals surface area (Å²) in [6.07, 6.45) is 3.86. The van der Waals surface area contributed by atoms with Crippen molar-refractivity contribution < 1.29 is 0 Å². The number of hydrogen-bond donors (Lipinski definition) is 1. The Labute approximate surface area is 87.0 Å². The predicted molar refractivity (Wildman–Crippen MR) is 59.3 cm³/mol. The van der Waals surface area contributed by atoms with Crippen LogP contribution in [0.15, 0.2) is 18.3 Å². The highest BCUT2D eigenvalue weighted by molar-refractivity contribution is 7.18. The Hall–Kier alpha value is -1.00. The Morgan fingerprint density at radius 3 is 3.14 bits per heavy atom. The molecule has 14 heavy (non-hydrogen) atoms. The van der Waals surface area contributed by atoms with E-state index in [2.05, 4.69) is 16.9 Å². The van der Waals surface area contributed by atoms with Gasteiger partial charge < -0.3 is 5.73 Å². The zero-order valence-electron chi connectivity index (χ0n) is 8.10. The Morgan fingerprint density at radius 1 is 1.57 bits per heavy atom. The largest absolute Gasteiger partial charge is 0.322 e. The van der Waals surface area contributed by atoms with Crippen molar-refractivity contribution in [1.29, 1.82) is 0 Å². The van der Waals surface area contributed by atoms with Crippen LogP contribution in [-0.4, -0.2) is 9.97 Å². The lowest BCUT2D eigenvalue weighted by Crippen LogP contribution is -2.08. The summed E-state index contributed by atoms with van der Waals surface area (Å²) in [4.78, 5) is 9.69. The molecule has 1 atom stereocenters. The highest BCUT2D eigenvalue weighted by Gasteiger charge is 2.10. The lowest BCUT2D eigenvalue weighted by Gasteiger charge is -2.04. The van der Waals surface area contributed by atoms with Gasteiger partial charge in [0.05, 0.1) is 6.04 Å². The summed E-state index contributed by atoms with van der Waals surface area (Å²) in [7, 11) is 0. The number of thiazole rings is 1. The van der Waals surface area contributed by atoms with Gasteiger partial charge in [-0.1, -0.05) is 24.7 Å². The average molecular weight is 207 g/mol. The molecule has 2 aromatic heterocycles. The smallest absolute Gasteiger partial charge is 0.143 e. The third-order valence-electron chi connectivity index (χ3n) is 2.10. The summed E-state index contributed by atoms with van der Waals surface area (Å²) in [6, 6.07) is 3.94. The molecule has 1 unspecified atom stereocenters. The number of fused-ring (bicyclic) bond motifs is 1. The van der Waals surface area contributed by atoms with Crippen molar-refractivity contribution in [2.45, 2.75) is 25.8 Å². The quantitative estimate of drug-likeness (QED) is 0.841. The number of aromatic nitrogens is 2. The van der Waals surface area contributed by atoms with Gasteiger partial charge in [-0.3, -0.25) is 0 Å². The minimum absolute atomic E-state index is 0.0687. The van der Waals surface area contributed by atoms with E-state index in [-0.39, 0.29) is 6.04 Å². The maximum atomic E-state index is 5.99. The van der Waals surface area contributed by atoms with Gasteiger partial charge in [-0.05, 0) is 18.6 Å². The van der Waals surface area contributed by atoms with Gasteiger partial charge in [0.2, 0.25) is 0 Å². The molecule has 0 aliphatic carbocycles. The number of pyridine rings is 1. The molecule has 0 aliphatic rings. The van der Waals surface area contributed by atoms with Crippen molar-refractivity contribution in [2.75, 3.05) is 0 Å². The second-order valence-electron chi connectivity index (χ2n) is 3.27. The van der Waals surface area contributed by atoms with Crippen LogP contribution in [0.25, 0.3) is 10.3 Å². The van der Waals surface area contributed by atoms with E-state index in [1.165, 1.54) is 0 Å². The molecule has 2 N–H and O–H groups in total. The van der Waals surface area contributed by atoms with E-state index >= 15 is 0 Å². The molecule has 0 bridgehead atoms. The van der Waals surface area contributed by atoms with Gasteiger partial charge in [0.15, 0.2) is 0 Å². The van der Waals surface area contributed by atoms with Crippen LogP contribution < -0.4 is 5.73 Å². The fourth-order valence-electron chi connectivity index (χ4n) is 1.38. The third-order valence-corrected chi connectivity index (χ3v) is 3.21. The summed E-state index contributed by atoms with van der Waals surface area (Å²) in [5.41, 5.74) is 6.95. The lowest BCUT2D eigenvalue weighted by molar-refractivity contribution is 0.636. The molecule has 0 aromatic carbocycles. The van der Waals surface area contributed by atoms with Crippen LogP contribution in [0.4, 0.5) is 0 Å². The molecule has 0 fully saturated rings. The molecule has 0 amide bonds. The number of nitrogens with two attached hydrogens (primary N) is 1. The van der Waals surface area contributed by atoms with Crippen molar-refractivity contribution in [2.24, 2.45) is 5.73 Å². The molecule has 0 saturated heterocycles. The monoisotopic (exact) mass is 207 g/mol. The number of hydrogen-bond acceptors (Lipinski definition) is 4. The minimum Gasteiger partial charge on any atom is -0.322 e. The molecule has 0 aliphatic heterocycles. The first-order valence-corrected chi connectivity index (χ1v) is 5.60. The average Bonchev–Trinajstić information content (AvgIpc) is 2.61. The molecule has 2 heterocycles. The number of rotatable bonds is 3. The molecular formula is C10H13N3S. The SMILES string of the molecule is CCCC(N)c1nc2cccnc2s1. The third kappa shape index (κ3) is 1.76. The van der Waals surface area contributed by atoms with E-state index in [1.54, 1.807) is 17.5 Å². The fourth-order valence-corrected chi connectivity index (χ4v) is 2.32. The van der Waals surface area contributed by atoms with Crippen LogP contribution in [0.5, 0.6) is 0 Å². The second-order valence-corrected chi connectivity index (χ2v) is 4.28. The Bertz CT molecular complexity index is 391. The summed E-state index contributed by atoms with van der Waals surface area (Å²) in [6.45, 7) is 2.13. The second kappa shape index (κ2) is 4.02. The number of nitrogens with zero attached hydrogens (tertiary/aromatic N) is 2. The highest BCUT2D eigenvalue weighted by atomic mass is 32.1. The molecule has 0 spiro atoms. The molecule has 2 rings (SSSR count). The van der Waals surface area contributed by atoms with E-state index in [0.29, 0.717) is 0 Å². The van der Waals surface area contributed by atoms with Gasteiger partial charge in [0, 0.05) is 6.20 Å². The molecule has 74 valence electrons. The van der Waals surface area contributed by atoms with Crippen LogP contribution in [0.1, 0.15) is 30.8 Å². The van der Waals surface area contributed by atoms with Gasteiger partial charge >= 0.3 is 0 Å². The van der Waals surface area contributed by atoms with Crippen LogP contribution in [0.2, 0.25) is 0 Å². The van der Waals surface area contributed by atoms with Crippen molar-refractivity contribution in [3.05, 3.63) is 23.3 Å². The first-order chi connectivity index (χ1) is 6.81. The Morgan fingerprint density at radius 2 is 2.43 bits per heavy atom. The van der Waals surface area contributed by atoms with Crippen LogP contribution in [0.3, 0.4) is 0 Å². The van der Waals surface area contributed by atoms with E-state index in [9.17, 15) is 0 Å². The van der Waals surface area contributed by atoms with Crippen molar-refractivity contribution in [1.82, 2.24) is 9.97 Å². The first kappa shape index (κ1) is 9.55. The van der Waals surface area contributed by atoms with Gasteiger partial charge in [-0.15, -0.1) is 0 Å². The van der Waals surface area contributed by atoms with E-state index in [4.69, 9.17) is 5.73 Å². The van der Waals surface area contributed by atoms with Crippen molar-refractivity contribution in [3.63, 3.8) is 0 Å². The lowest BCUT2D eigenvalue weighted by atomic mass is 10.2. The highest BCUT2D eigenvalue weighted by Crippen LogP contribution is 2.25. The zero-order chi connectivity index (χ0) is 9.97. The zero-order valence-corrected chi connectivity index (χ0v) is 8.92. The molecule has 0 radical (unpaired) electrons. The Balaban J connectivity index is 2.35. The maximum Gasteiger partial charge on any atom is 0.143 e. The van der Waals surface area contributed by atoms with Crippen LogP contribution in [-0.2, 0) is 0 Å². The van der Waals surface area contributed by atoms with E-state index in [0.717, 1.165) is 28.2 Å². The maximum absolute atomic E-state index is 5.99. The molecular weight excluding hydrogens is 194 g/mol. The Kier molecular flexibility index (Phi) is 2.74. The van der Waals surface area contributed by atoms with E-state index < -0.39 is 0 Å².